The molecule has 0 amide bonds. The minimum absolute atomic E-state index is 0.0311. The van der Waals surface area contributed by atoms with Gasteiger partial charge in [-0.3, -0.25) is 9.36 Å². The molecular formula is C29H26Cl2N2O5S. The predicted octanol–water partition coefficient (Wildman–Crippen LogP) is 4.90. The summed E-state index contributed by atoms with van der Waals surface area (Å²) < 4.78 is 18.7. The van der Waals surface area contributed by atoms with E-state index in [4.69, 9.17) is 43.8 Å². The first-order valence-electron chi connectivity index (χ1n) is 12.2. The van der Waals surface area contributed by atoms with Crippen molar-refractivity contribution >= 4 is 46.6 Å². The lowest BCUT2D eigenvalue weighted by Crippen LogP contribution is -2.40. The van der Waals surface area contributed by atoms with Crippen LogP contribution in [0.3, 0.4) is 0 Å². The van der Waals surface area contributed by atoms with Gasteiger partial charge in [0.1, 0.15) is 6.61 Å². The number of ether oxygens (including phenoxy) is 3. The van der Waals surface area contributed by atoms with Crippen molar-refractivity contribution in [2.24, 2.45) is 4.99 Å². The van der Waals surface area contributed by atoms with Crippen molar-refractivity contribution in [1.82, 2.24) is 4.57 Å². The van der Waals surface area contributed by atoms with Gasteiger partial charge in [-0.25, -0.2) is 9.79 Å². The summed E-state index contributed by atoms with van der Waals surface area (Å²) in [5.74, 6) is 2.62. The van der Waals surface area contributed by atoms with Crippen molar-refractivity contribution in [2.75, 3.05) is 13.2 Å². The largest absolute Gasteiger partial charge is 0.490 e. The molecule has 7 nitrogen and oxygen atoms in total. The number of hydrogen-bond donors (Lipinski definition) is 0. The Morgan fingerprint density at radius 1 is 1.23 bits per heavy atom. The standard InChI is InChI=1S/C29H26Cl2N2O5S/c1-6-12-37-26-21(31)13-18(14-22(26)36-7-2)15-23-27(34)33-25(19-8-10-20(30)11-9-19)24(28(35)38-16(3)4)17(5)32-29(33)39-23/h1,8-11,13-16,25H,7,12H2,2-5H3. The molecule has 0 N–H and O–H groups in total. The lowest BCUT2D eigenvalue weighted by atomic mass is 9.96. The lowest BCUT2D eigenvalue weighted by molar-refractivity contribution is -0.143. The van der Waals surface area contributed by atoms with Crippen LogP contribution in [0.1, 0.15) is 44.9 Å². The number of benzene rings is 2. The van der Waals surface area contributed by atoms with Crippen LogP contribution in [0.5, 0.6) is 11.5 Å². The van der Waals surface area contributed by atoms with E-state index >= 15 is 0 Å². The molecule has 2 heterocycles. The molecule has 1 atom stereocenters. The van der Waals surface area contributed by atoms with E-state index in [0.29, 0.717) is 59.9 Å². The van der Waals surface area contributed by atoms with E-state index in [1.165, 1.54) is 15.9 Å². The predicted molar refractivity (Wildman–Crippen MR) is 153 cm³/mol. The summed E-state index contributed by atoms with van der Waals surface area (Å²) in [6.07, 6.45) is 6.68. The fourth-order valence-electron chi connectivity index (χ4n) is 4.16. The first-order chi connectivity index (χ1) is 18.6. The number of rotatable bonds is 8. The molecule has 1 unspecified atom stereocenters. The minimum Gasteiger partial charge on any atom is -0.490 e. The van der Waals surface area contributed by atoms with Gasteiger partial charge in [0.25, 0.3) is 5.56 Å². The van der Waals surface area contributed by atoms with E-state index in [0.717, 1.165) is 0 Å². The topological polar surface area (TPSA) is 79.1 Å². The average Bonchev–Trinajstić information content (AvgIpc) is 3.17. The summed E-state index contributed by atoms with van der Waals surface area (Å²) >= 11 is 13.8. The maximum atomic E-state index is 13.8. The second-order valence-corrected chi connectivity index (χ2v) is 10.7. The summed E-state index contributed by atoms with van der Waals surface area (Å²) in [4.78, 5) is 32.1. The fraction of sp³-hybridized carbons (Fsp3) is 0.276. The van der Waals surface area contributed by atoms with E-state index in [9.17, 15) is 9.59 Å². The zero-order valence-corrected chi connectivity index (χ0v) is 24.1. The summed E-state index contributed by atoms with van der Waals surface area (Å²) in [7, 11) is 0. The summed E-state index contributed by atoms with van der Waals surface area (Å²) in [5.41, 5.74) is 1.78. The fourth-order valence-corrected chi connectivity index (χ4v) is 5.61. The third kappa shape index (κ3) is 6.06. The van der Waals surface area contributed by atoms with Gasteiger partial charge < -0.3 is 14.2 Å². The van der Waals surface area contributed by atoms with Gasteiger partial charge in [-0.15, -0.1) is 6.42 Å². The first-order valence-corrected chi connectivity index (χ1v) is 13.7. The molecule has 0 aliphatic carbocycles. The molecule has 2 aromatic carbocycles. The third-order valence-corrected chi connectivity index (χ3v) is 7.22. The Labute approximate surface area is 240 Å². The Balaban J connectivity index is 1.90. The Morgan fingerprint density at radius 2 is 1.95 bits per heavy atom. The van der Waals surface area contributed by atoms with Crippen LogP contribution >= 0.6 is 34.5 Å². The van der Waals surface area contributed by atoms with Crippen LogP contribution in [-0.2, 0) is 9.53 Å². The molecule has 39 heavy (non-hydrogen) atoms. The van der Waals surface area contributed by atoms with E-state index in [-0.39, 0.29) is 18.3 Å². The van der Waals surface area contributed by atoms with Gasteiger partial charge in [0, 0.05) is 5.02 Å². The van der Waals surface area contributed by atoms with Crippen LogP contribution < -0.4 is 24.4 Å². The van der Waals surface area contributed by atoms with Crippen LogP contribution in [0.4, 0.5) is 0 Å². The Morgan fingerprint density at radius 3 is 2.59 bits per heavy atom. The van der Waals surface area contributed by atoms with Gasteiger partial charge in [-0.1, -0.05) is 52.6 Å². The van der Waals surface area contributed by atoms with Crippen molar-refractivity contribution in [3.8, 4) is 23.8 Å². The Hall–Kier alpha value is -3.51. The van der Waals surface area contributed by atoms with Crippen LogP contribution in [0.15, 0.2) is 57.5 Å². The summed E-state index contributed by atoms with van der Waals surface area (Å²) in [6, 6.07) is 9.66. The van der Waals surface area contributed by atoms with Crippen molar-refractivity contribution in [3.63, 3.8) is 0 Å². The molecule has 4 rings (SSSR count). The van der Waals surface area contributed by atoms with E-state index in [1.807, 2.05) is 6.92 Å². The number of terminal acetylenes is 1. The quantitative estimate of drug-likeness (QED) is 0.278. The second kappa shape index (κ2) is 12.1. The maximum Gasteiger partial charge on any atom is 0.338 e. The summed E-state index contributed by atoms with van der Waals surface area (Å²) in [5, 5.41) is 0.832. The molecule has 0 bridgehead atoms. The maximum absolute atomic E-state index is 13.8. The third-order valence-electron chi connectivity index (χ3n) is 5.70. The SMILES string of the molecule is C#CCOc1c(Cl)cc(C=c2sc3n(c2=O)C(c2ccc(Cl)cc2)C(C(=O)OC(C)C)=C(C)N=3)cc1OCC. The number of halogens is 2. The lowest BCUT2D eigenvalue weighted by Gasteiger charge is -2.25. The summed E-state index contributed by atoms with van der Waals surface area (Å²) in [6.45, 7) is 7.52. The van der Waals surface area contributed by atoms with Crippen LogP contribution in [0, 0.1) is 12.3 Å². The molecule has 0 fully saturated rings. The number of hydrogen-bond acceptors (Lipinski definition) is 7. The average molecular weight is 586 g/mol. The first kappa shape index (κ1) is 28.5. The second-order valence-electron chi connectivity index (χ2n) is 8.84. The van der Waals surface area contributed by atoms with Gasteiger partial charge in [0.15, 0.2) is 16.3 Å². The van der Waals surface area contributed by atoms with E-state index in [2.05, 4.69) is 10.9 Å². The van der Waals surface area contributed by atoms with Crippen molar-refractivity contribution in [3.05, 3.63) is 88.5 Å². The van der Waals surface area contributed by atoms with Gasteiger partial charge in [0.2, 0.25) is 0 Å². The molecule has 0 saturated heterocycles. The highest BCUT2D eigenvalue weighted by molar-refractivity contribution is 7.07. The molecule has 0 spiro atoms. The molecule has 10 heteroatoms. The van der Waals surface area contributed by atoms with Gasteiger partial charge >= 0.3 is 5.97 Å². The molecule has 202 valence electrons. The highest BCUT2D eigenvalue weighted by Gasteiger charge is 2.33. The van der Waals surface area contributed by atoms with Crippen LogP contribution in [0.2, 0.25) is 10.0 Å². The smallest absolute Gasteiger partial charge is 0.338 e. The number of aromatic nitrogens is 1. The zero-order valence-electron chi connectivity index (χ0n) is 21.8. The molecular weight excluding hydrogens is 559 g/mol. The number of thiazole rings is 1. The monoisotopic (exact) mass is 584 g/mol. The molecule has 0 radical (unpaired) electrons. The number of fused-ring (bicyclic) bond motifs is 1. The zero-order chi connectivity index (χ0) is 28.3. The number of nitrogens with zero attached hydrogens (tertiary/aromatic N) is 2. The van der Waals surface area contributed by atoms with Gasteiger partial charge in [0.05, 0.1) is 39.6 Å². The van der Waals surface area contributed by atoms with Crippen molar-refractivity contribution in [2.45, 2.75) is 39.8 Å². The van der Waals surface area contributed by atoms with Crippen molar-refractivity contribution in [1.29, 1.82) is 0 Å². The van der Waals surface area contributed by atoms with E-state index in [1.54, 1.807) is 63.2 Å². The molecule has 3 aromatic rings. The number of carbonyl (C=O) groups excluding carboxylic acids is 1. The van der Waals surface area contributed by atoms with Gasteiger partial charge in [-0.05, 0) is 69.2 Å². The minimum atomic E-state index is -0.742. The van der Waals surface area contributed by atoms with Crippen LogP contribution in [-0.4, -0.2) is 29.9 Å². The Bertz CT molecular complexity index is 1660. The highest BCUT2D eigenvalue weighted by atomic mass is 35.5. The Kier molecular flexibility index (Phi) is 8.86. The van der Waals surface area contributed by atoms with Crippen molar-refractivity contribution < 1.29 is 19.0 Å². The van der Waals surface area contributed by atoms with Crippen LogP contribution in [0.25, 0.3) is 6.08 Å². The molecule has 1 aromatic heterocycles. The molecule has 1 aliphatic heterocycles. The van der Waals surface area contributed by atoms with Gasteiger partial charge in [-0.2, -0.15) is 0 Å². The molecule has 1 aliphatic rings. The molecule has 0 saturated carbocycles. The number of allylic oxidation sites excluding steroid dienone is 1. The number of carbonyl (C=O) groups is 1. The number of esters is 1. The van der Waals surface area contributed by atoms with E-state index < -0.39 is 12.0 Å². The highest BCUT2D eigenvalue weighted by Crippen LogP contribution is 2.37. The normalized spacial score (nSPS) is 15.0.